The van der Waals surface area contributed by atoms with E-state index in [4.69, 9.17) is 11.6 Å². The van der Waals surface area contributed by atoms with E-state index in [-0.39, 0.29) is 36.4 Å². The van der Waals surface area contributed by atoms with Crippen LogP contribution in [-0.2, 0) is 24.4 Å². The number of amides is 1. The molecular formula is C23H27ClF3N5O. The summed E-state index contributed by atoms with van der Waals surface area (Å²) in [7, 11) is 0. The molecule has 3 rings (SSSR count). The fourth-order valence-corrected chi connectivity index (χ4v) is 3.85. The number of nitriles is 1. The molecule has 33 heavy (non-hydrogen) atoms. The molecule has 1 aromatic heterocycles. The Labute approximate surface area is 196 Å². The van der Waals surface area contributed by atoms with Crippen LogP contribution in [0.4, 0.5) is 19.0 Å². The molecule has 0 aliphatic carbocycles. The van der Waals surface area contributed by atoms with Crippen LogP contribution in [-0.4, -0.2) is 20.8 Å². The highest BCUT2D eigenvalue weighted by atomic mass is 35.5. The third-order valence-electron chi connectivity index (χ3n) is 5.66. The average molecular weight is 482 g/mol. The number of hydrogen-bond donors (Lipinski definition) is 1. The number of hydrogen-bond acceptors (Lipinski definition) is 5. The van der Waals surface area contributed by atoms with Crippen LogP contribution in [0.3, 0.4) is 0 Å². The summed E-state index contributed by atoms with van der Waals surface area (Å²) in [5, 5.41) is 12.4. The lowest BCUT2D eigenvalue weighted by molar-refractivity contribution is -0.140. The van der Waals surface area contributed by atoms with Crippen LogP contribution in [0.1, 0.15) is 69.3 Å². The third-order valence-corrected chi connectivity index (χ3v) is 5.83. The van der Waals surface area contributed by atoms with Crippen LogP contribution < -0.4 is 5.32 Å². The van der Waals surface area contributed by atoms with Crippen molar-refractivity contribution in [2.24, 2.45) is 5.41 Å². The number of aromatic nitrogens is 2. The van der Waals surface area contributed by atoms with Gasteiger partial charge in [0.1, 0.15) is 17.1 Å². The molecule has 2 aromatic rings. The number of anilines is 1. The predicted molar refractivity (Wildman–Crippen MR) is 120 cm³/mol. The lowest BCUT2D eigenvalue weighted by Gasteiger charge is -2.27. The van der Waals surface area contributed by atoms with Crippen molar-refractivity contribution in [1.82, 2.24) is 14.9 Å². The van der Waals surface area contributed by atoms with Crippen molar-refractivity contribution in [1.29, 1.82) is 5.26 Å². The van der Waals surface area contributed by atoms with Gasteiger partial charge in [0, 0.05) is 17.7 Å². The largest absolute Gasteiger partial charge is 0.365 e. The molecule has 0 saturated heterocycles. The minimum absolute atomic E-state index is 0.0488. The molecule has 1 aliphatic heterocycles. The molecule has 2 heterocycles. The molecule has 178 valence electrons. The first-order valence-corrected chi connectivity index (χ1v) is 11.2. The molecule has 1 aliphatic rings. The maximum Gasteiger partial charge on any atom is 0.266 e. The molecule has 10 heteroatoms. The van der Waals surface area contributed by atoms with E-state index < -0.39 is 23.2 Å². The SMILES string of the molecule is CC.CCC(C#N)(CC)C(=O)N1Cc2nc(Cl)nc(NCc3cccc(C(F)F)c3F)c2C1. The Balaban J connectivity index is 0.00000187. The molecular weight excluding hydrogens is 455 g/mol. The highest BCUT2D eigenvalue weighted by Gasteiger charge is 2.41. The zero-order chi connectivity index (χ0) is 24.8. The topological polar surface area (TPSA) is 81.9 Å². The number of rotatable bonds is 7. The van der Waals surface area contributed by atoms with Gasteiger partial charge in [-0.3, -0.25) is 4.79 Å². The minimum Gasteiger partial charge on any atom is -0.365 e. The Morgan fingerprint density at radius 1 is 1.27 bits per heavy atom. The van der Waals surface area contributed by atoms with Gasteiger partial charge in [-0.05, 0) is 24.4 Å². The number of fused-ring (bicyclic) bond motifs is 1. The fraction of sp³-hybridized carbons (Fsp3) is 0.478. The summed E-state index contributed by atoms with van der Waals surface area (Å²) in [5.74, 6) is -0.984. The summed E-state index contributed by atoms with van der Waals surface area (Å²) >= 11 is 6.02. The van der Waals surface area contributed by atoms with E-state index in [2.05, 4.69) is 21.4 Å². The molecule has 6 nitrogen and oxygen atoms in total. The Kier molecular flexibility index (Phi) is 9.06. The van der Waals surface area contributed by atoms with Gasteiger partial charge in [-0.2, -0.15) is 5.26 Å². The maximum atomic E-state index is 14.3. The molecule has 0 bridgehead atoms. The molecule has 0 fully saturated rings. The quantitative estimate of drug-likeness (QED) is 0.489. The van der Waals surface area contributed by atoms with Gasteiger partial charge in [0.25, 0.3) is 6.43 Å². The molecule has 0 saturated carbocycles. The van der Waals surface area contributed by atoms with E-state index in [0.29, 0.717) is 29.9 Å². The van der Waals surface area contributed by atoms with Crippen molar-refractivity contribution in [3.05, 3.63) is 51.7 Å². The smallest absolute Gasteiger partial charge is 0.266 e. The lowest BCUT2D eigenvalue weighted by atomic mass is 9.82. The molecule has 1 amide bonds. The van der Waals surface area contributed by atoms with Gasteiger partial charge in [0.05, 0.1) is 30.4 Å². The Hall–Kier alpha value is -2.86. The summed E-state index contributed by atoms with van der Waals surface area (Å²) in [5.41, 5.74) is -0.619. The second-order valence-electron chi connectivity index (χ2n) is 7.30. The Bertz CT molecular complexity index is 1040. The molecule has 1 N–H and O–H groups in total. The minimum atomic E-state index is -2.92. The highest BCUT2D eigenvalue weighted by Crippen LogP contribution is 2.35. The molecule has 1 aromatic carbocycles. The van der Waals surface area contributed by atoms with Gasteiger partial charge >= 0.3 is 0 Å². The van der Waals surface area contributed by atoms with Gasteiger partial charge < -0.3 is 10.2 Å². The number of carbonyl (C=O) groups is 1. The van der Waals surface area contributed by atoms with E-state index in [1.807, 2.05) is 13.8 Å². The number of nitrogens with zero attached hydrogens (tertiary/aromatic N) is 4. The standard InChI is InChI=1S/C21H21ClF3N5O.C2H6/c1-3-21(4-2,11-26)19(31)30-9-14-15(10-30)28-20(22)29-18(14)27-8-12-6-5-7-13(16(12)23)17(24)25;1-2/h5-7,17H,3-4,8-10H2,1-2H3,(H,27,28,29);1-2H3. The number of halogens is 4. The van der Waals surface area contributed by atoms with Gasteiger partial charge in [-0.15, -0.1) is 0 Å². The molecule has 0 atom stereocenters. The second-order valence-corrected chi connectivity index (χ2v) is 7.64. The van der Waals surface area contributed by atoms with Crippen LogP contribution in [0.25, 0.3) is 0 Å². The summed E-state index contributed by atoms with van der Waals surface area (Å²) < 4.78 is 40.2. The molecule has 0 spiro atoms. The van der Waals surface area contributed by atoms with E-state index in [1.165, 1.54) is 17.0 Å². The van der Waals surface area contributed by atoms with Crippen molar-refractivity contribution in [2.45, 2.75) is 66.6 Å². The summed E-state index contributed by atoms with van der Waals surface area (Å²) in [6.07, 6.45) is -2.17. The maximum absolute atomic E-state index is 14.3. The summed E-state index contributed by atoms with van der Waals surface area (Å²) in [4.78, 5) is 22.9. The van der Waals surface area contributed by atoms with E-state index in [1.54, 1.807) is 13.8 Å². The lowest BCUT2D eigenvalue weighted by Crippen LogP contribution is -2.40. The molecule has 0 unspecified atom stereocenters. The summed E-state index contributed by atoms with van der Waals surface area (Å²) in [6.45, 7) is 7.81. The van der Waals surface area contributed by atoms with Crippen LogP contribution in [0.2, 0.25) is 5.28 Å². The van der Waals surface area contributed by atoms with Gasteiger partial charge in [-0.25, -0.2) is 23.1 Å². The number of alkyl halides is 2. The van der Waals surface area contributed by atoms with Crippen molar-refractivity contribution in [3.8, 4) is 6.07 Å². The van der Waals surface area contributed by atoms with Crippen molar-refractivity contribution in [3.63, 3.8) is 0 Å². The first-order valence-electron chi connectivity index (χ1n) is 10.8. The number of carbonyl (C=O) groups excluding carboxylic acids is 1. The van der Waals surface area contributed by atoms with Crippen LogP contribution >= 0.6 is 11.6 Å². The van der Waals surface area contributed by atoms with Gasteiger partial charge in [0.2, 0.25) is 11.2 Å². The molecule has 0 radical (unpaired) electrons. The van der Waals surface area contributed by atoms with E-state index >= 15 is 0 Å². The van der Waals surface area contributed by atoms with Crippen LogP contribution in [0.5, 0.6) is 0 Å². The van der Waals surface area contributed by atoms with Crippen LogP contribution in [0, 0.1) is 22.6 Å². The Morgan fingerprint density at radius 3 is 2.52 bits per heavy atom. The fourth-order valence-electron chi connectivity index (χ4n) is 3.66. The second kappa shape index (κ2) is 11.3. The van der Waals surface area contributed by atoms with E-state index in [0.717, 1.165) is 6.07 Å². The van der Waals surface area contributed by atoms with Crippen molar-refractivity contribution >= 4 is 23.3 Å². The number of nitrogens with one attached hydrogen (secondary N) is 1. The zero-order valence-corrected chi connectivity index (χ0v) is 19.8. The van der Waals surface area contributed by atoms with Crippen molar-refractivity contribution in [2.75, 3.05) is 5.32 Å². The first-order chi connectivity index (χ1) is 15.8. The van der Waals surface area contributed by atoms with Crippen LogP contribution in [0.15, 0.2) is 18.2 Å². The third kappa shape index (κ3) is 5.38. The average Bonchev–Trinajstić information content (AvgIpc) is 3.24. The van der Waals surface area contributed by atoms with Gasteiger partial charge in [0.15, 0.2) is 0 Å². The highest BCUT2D eigenvalue weighted by molar-refractivity contribution is 6.28. The predicted octanol–water partition coefficient (Wildman–Crippen LogP) is 6.02. The monoisotopic (exact) mass is 481 g/mol. The van der Waals surface area contributed by atoms with Crippen molar-refractivity contribution < 1.29 is 18.0 Å². The zero-order valence-electron chi connectivity index (χ0n) is 19.1. The first kappa shape index (κ1) is 26.4. The number of benzene rings is 1. The summed E-state index contributed by atoms with van der Waals surface area (Å²) in [6, 6.07) is 5.93. The normalized spacial score (nSPS) is 12.7. The Morgan fingerprint density at radius 2 is 1.94 bits per heavy atom. The van der Waals surface area contributed by atoms with E-state index in [9.17, 15) is 23.2 Å². The van der Waals surface area contributed by atoms with Gasteiger partial charge in [-0.1, -0.05) is 45.9 Å².